The summed E-state index contributed by atoms with van der Waals surface area (Å²) in [5, 5.41) is 4.12. The van der Waals surface area contributed by atoms with E-state index in [0.29, 0.717) is 30.3 Å². The van der Waals surface area contributed by atoms with Gasteiger partial charge in [0.15, 0.2) is 4.80 Å². The normalized spacial score (nSPS) is 12.1. The number of aryl methyl sites for hydroxylation is 2. The average molecular weight is 374 g/mol. The molecule has 0 bridgehead atoms. The van der Waals surface area contributed by atoms with Crippen molar-refractivity contribution in [1.29, 1.82) is 0 Å². The number of amides is 1. The van der Waals surface area contributed by atoms with Crippen molar-refractivity contribution < 1.29 is 14.3 Å². The zero-order valence-corrected chi connectivity index (χ0v) is 16.2. The van der Waals surface area contributed by atoms with Crippen molar-refractivity contribution in [3.05, 3.63) is 40.5 Å². The molecule has 1 aromatic carbocycles. The van der Waals surface area contributed by atoms with Gasteiger partial charge in [-0.2, -0.15) is 10.1 Å². The van der Waals surface area contributed by atoms with Crippen LogP contribution in [0, 0.1) is 6.92 Å². The molecule has 0 spiro atoms. The maximum atomic E-state index is 12.7. The summed E-state index contributed by atoms with van der Waals surface area (Å²) < 4.78 is 15.4. The number of thiazole rings is 1. The minimum atomic E-state index is -0.300. The van der Waals surface area contributed by atoms with E-state index in [0.717, 1.165) is 21.5 Å². The Balaban J connectivity index is 2.10. The lowest BCUT2D eigenvalue weighted by Crippen LogP contribution is -2.20. The van der Waals surface area contributed by atoms with Crippen LogP contribution >= 0.6 is 11.3 Å². The second-order valence-electron chi connectivity index (χ2n) is 5.78. The summed E-state index contributed by atoms with van der Waals surface area (Å²) >= 11 is 1.46. The molecule has 3 aromatic rings. The highest BCUT2D eigenvalue weighted by Gasteiger charge is 2.15. The van der Waals surface area contributed by atoms with Crippen LogP contribution in [0.1, 0.15) is 23.0 Å². The molecule has 0 unspecified atom stereocenters. The Hall–Kier alpha value is -2.45. The molecule has 0 fully saturated rings. The molecule has 0 radical (unpaired) electrons. The number of hydrogen-bond donors (Lipinski definition) is 0. The van der Waals surface area contributed by atoms with E-state index in [4.69, 9.17) is 9.47 Å². The molecule has 0 aliphatic rings. The molecular formula is C18H22N4O3S. The van der Waals surface area contributed by atoms with Gasteiger partial charge in [0, 0.05) is 25.8 Å². The highest BCUT2D eigenvalue weighted by Crippen LogP contribution is 2.23. The lowest BCUT2D eigenvalue weighted by molar-refractivity contribution is 0.0987. The third-order valence-electron chi connectivity index (χ3n) is 4.07. The third kappa shape index (κ3) is 3.56. The van der Waals surface area contributed by atoms with Gasteiger partial charge in [-0.05, 0) is 32.0 Å². The van der Waals surface area contributed by atoms with Gasteiger partial charge in [0.05, 0.1) is 30.1 Å². The summed E-state index contributed by atoms with van der Waals surface area (Å²) in [6.07, 6.45) is 1.67. The number of benzene rings is 1. The smallest absolute Gasteiger partial charge is 0.298 e. The summed E-state index contributed by atoms with van der Waals surface area (Å²) in [4.78, 5) is 17.7. The van der Waals surface area contributed by atoms with E-state index in [1.807, 2.05) is 36.6 Å². The van der Waals surface area contributed by atoms with Crippen LogP contribution in [0.5, 0.6) is 5.75 Å². The summed E-state index contributed by atoms with van der Waals surface area (Å²) in [6, 6.07) is 5.84. The first kappa shape index (κ1) is 18.3. The first-order valence-electron chi connectivity index (χ1n) is 8.38. The highest BCUT2D eigenvalue weighted by molar-refractivity contribution is 7.16. The van der Waals surface area contributed by atoms with Crippen molar-refractivity contribution in [2.24, 2.45) is 12.0 Å². The highest BCUT2D eigenvalue weighted by atomic mass is 32.1. The molecule has 0 atom stereocenters. The van der Waals surface area contributed by atoms with Gasteiger partial charge in [-0.25, -0.2) is 0 Å². The first-order valence-corrected chi connectivity index (χ1v) is 9.19. The van der Waals surface area contributed by atoms with Crippen LogP contribution < -0.4 is 9.54 Å². The molecule has 0 saturated heterocycles. The largest absolute Gasteiger partial charge is 0.497 e. The van der Waals surface area contributed by atoms with Gasteiger partial charge in [0.1, 0.15) is 11.4 Å². The Morgan fingerprint density at radius 1 is 1.38 bits per heavy atom. The molecule has 8 heteroatoms. The van der Waals surface area contributed by atoms with Crippen molar-refractivity contribution in [1.82, 2.24) is 14.3 Å². The van der Waals surface area contributed by atoms with Crippen molar-refractivity contribution in [3.63, 3.8) is 0 Å². The molecule has 0 aliphatic carbocycles. The molecule has 2 heterocycles. The minimum Gasteiger partial charge on any atom is -0.497 e. The monoisotopic (exact) mass is 374 g/mol. The summed E-state index contributed by atoms with van der Waals surface area (Å²) in [5.74, 6) is 0.474. The average Bonchev–Trinajstić information content (AvgIpc) is 3.14. The number of hydrogen-bond acceptors (Lipinski definition) is 5. The van der Waals surface area contributed by atoms with E-state index < -0.39 is 0 Å². The number of carbonyl (C=O) groups is 1. The van der Waals surface area contributed by atoms with Crippen molar-refractivity contribution in [3.8, 4) is 5.75 Å². The van der Waals surface area contributed by atoms with Gasteiger partial charge in [-0.1, -0.05) is 11.3 Å². The van der Waals surface area contributed by atoms with Gasteiger partial charge >= 0.3 is 0 Å². The second kappa shape index (κ2) is 7.84. The van der Waals surface area contributed by atoms with Gasteiger partial charge in [0.25, 0.3) is 5.91 Å². The van der Waals surface area contributed by atoms with E-state index in [2.05, 4.69) is 10.1 Å². The lowest BCUT2D eigenvalue weighted by atomic mass is 10.3. The fourth-order valence-electron chi connectivity index (χ4n) is 2.78. The summed E-state index contributed by atoms with van der Waals surface area (Å²) in [7, 11) is 3.38. The Morgan fingerprint density at radius 2 is 2.19 bits per heavy atom. The number of methoxy groups -OCH3 is 1. The van der Waals surface area contributed by atoms with Gasteiger partial charge in [-0.3, -0.25) is 9.48 Å². The molecule has 2 aromatic heterocycles. The summed E-state index contributed by atoms with van der Waals surface area (Å²) in [6.45, 7) is 5.64. The molecule has 3 rings (SSSR count). The topological polar surface area (TPSA) is 70.6 Å². The number of fused-ring (bicyclic) bond motifs is 1. The predicted octanol–water partition coefficient (Wildman–Crippen LogP) is 2.53. The molecule has 0 N–H and O–H groups in total. The number of aromatic nitrogens is 3. The van der Waals surface area contributed by atoms with Gasteiger partial charge in [0.2, 0.25) is 0 Å². The Labute approximate surface area is 155 Å². The van der Waals surface area contributed by atoms with E-state index >= 15 is 0 Å². The zero-order chi connectivity index (χ0) is 18.7. The molecule has 1 amide bonds. The Bertz CT molecular complexity index is 980. The summed E-state index contributed by atoms with van der Waals surface area (Å²) in [5.41, 5.74) is 2.31. The first-order chi connectivity index (χ1) is 12.5. The van der Waals surface area contributed by atoms with Crippen LogP contribution in [0.15, 0.2) is 29.4 Å². The number of nitrogens with zero attached hydrogens (tertiary/aromatic N) is 4. The molecular weight excluding hydrogens is 352 g/mol. The number of carbonyl (C=O) groups excluding carboxylic acids is 1. The molecule has 0 aliphatic heterocycles. The Kier molecular flexibility index (Phi) is 5.53. The third-order valence-corrected chi connectivity index (χ3v) is 5.12. The lowest BCUT2D eigenvalue weighted by Gasteiger charge is -2.06. The maximum absolute atomic E-state index is 12.7. The van der Waals surface area contributed by atoms with E-state index in [-0.39, 0.29) is 5.91 Å². The molecule has 26 heavy (non-hydrogen) atoms. The van der Waals surface area contributed by atoms with Crippen LogP contribution in [-0.4, -0.2) is 40.6 Å². The van der Waals surface area contributed by atoms with Crippen LogP contribution in [0.4, 0.5) is 0 Å². The fourth-order valence-corrected chi connectivity index (χ4v) is 3.86. The van der Waals surface area contributed by atoms with Gasteiger partial charge < -0.3 is 14.0 Å². The standard InChI is InChI=1S/C18H22N4O3S/c1-5-25-9-8-22-14-7-6-13(24-4)10-15(14)26-18(22)20-17(23)16-12(2)11-19-21(16)3/h6-7,10-11H,5,8-9H2,1-4H3. The fraction of sp³-hybridized carbons (Fsp3) is 0.389. The maximum Gasteiger partial charge on any atom is 0.298 e. The van der Waals surface area contributed by atoms with E-state index in [1.54, 1.807) is 25.0 Å². The quantitative estimate of drug-likeness (QED) is 0.622. The van der Waals surface area contributed by atoms with Crippen molar-refractivity contribution >= 4 is 27.5 Å². The van der Waals surface area contributed by atoms with Gasteiger partial charge in [-0.15, -0.1) is 0 Å². The Morgan fingerprint density at radius 3 is 2.85 bits per heavy atom. The minimum absolute atomic E-state index is 0.300. The second-order valence-corrected chi connectivity index (χ2v) is 6.79. The SMILES string of the molecule is CCOCCn1c(=NC(=O)c2c(C)cnn2C)sc2cc(OC)ccc21. The van der Waals surface area contributed by atoms with Crippen LogP contribution in [-0.2, 0) is 18.3 Å². The predicted molar refractivity (Wildman–Crippen MR) is 101 cm³/mol. The molecule has 138 valence electrons. The van der Waals surface area contributed by atoms with E-state index in [1.165, 1.54) is 11.3 Å². The molecule has 0 saturated carbocycles. The van der Waals surface area contributed by atoms with Crippen molar-refractivity contribution in [2.45, 2.75) is 20.4 Å². The van der Waals surface area contributed by atoms with Crippen LogP contribution in [0.3, 0.4) is 0 Å². The number of rotatable bonds is 6. The zero-order valence-electron chi connectivity index (χ0n) is 15.4. The van der Waals surface area contributed by atoms with Crippen LogP contribution in [0.25, 0.3) is 10.2 Å². The number of ether oxygens (including phenoxy) is 2. The van der Waals surface area contributed by atoms with Crippen molar-refractivity contribution in [2.75, 3.05) is 20.3 Å². The van der Waals surface area contributed by atoms with E-state index in [9.17, 15) is 4.79 Å². The molecule has 7 nitrogen and oxygen atoms in total. The van der Waals surface area contributed by atoms with Crippen LogP contribution in [0.2, 0.25) is 0 Å².